The molecule has 0 aromatic rings. The van der Waals surface area contributed by atoms with Crippen LogP contribution in [0.5, 0.6) is 0 Å². The van der Waals surface area contributed by atoms with Gasteiger partial charge in [-0.2, -0.15) is 0 Å². The molecule has 0 aromatic heterocycles. The molecule has 1 atom stereocenters. The summed E-state index contributed by atoms with van der Waals surface area (Å²) in [6.45, 7) is 6.56. The van der Waals surface area contributed by atoms with E-state index < -0.39 is 17.6 Å². The van der Waals surface area contributed by atoms with Crippen molar-refractivity contribution >= 4 is 11.6 Å². The number of hydrogen-bond acceptors (Lipinski definition) is 4. The van der Waals surface area contributed by atoms with Gasteiger partial charge in [-0.05, 0) is 12.3 Å². The maximum absolute atomic E-state index is 11.4. The molecule has 0 saturated heterocycles. The molecule has 0 spiro atoms. The van der Waals surface area contributed by atoms with E-state index in [1.807, 2.05) is 20.8 Å². The molecule has 0 radical (unpaired) electrons. The highest BCUT2D eigenvalue weighted by molar-refractivity contribution is 6.39. The van der Waals surface area contributed by atoms with Gasteiger partial charge < -0.3 is 10.5 Å². The number of Topliss-reactive ketones (excluding diaryl/α,β-unsaturated/α-hetero) is 2. The molecule has 0 aromatic carbocycles. The second-order valence-corrected chi connectivity index (χ2v) is 3.92. The summed E-state index contributed by atoms with van der Waals surface area (Å²) in [6, 6.07) is -0.677. The van der Waals surface area contributed by atoms with Crippen LogP contribution in [-0.2, 0) is 14.3 Å². The average Bonchev–Trinajstić information content (AvgIpc) is 2.21. The van der Waals surface area contributed by atoms with Gasteiger partial charge in [0.25, 0.3) is 0 Å². The third kappa shape index (κ3) is 5.64. The molecule has 0 bridgehead atoms. The Morgan fingerprint density at radius 1 is 1.27 bits per heavy atom. The Balaban J connectivity index is 3.84. The molecule has 0 aliphatic rings. The summed E-state index contributed by atoms with van der Waals surface area (Å²) >= 11 is 0. The highest BCUT2D eigenvalue weighted by Gasteiger charge is 2.23. The van der Waals surface area contributed by atoms with Crippen molar-refractivity contribution in [3.63, 3.8) is 0 Å². The van der Waals surface area contributed by atoms with E-state index in [1.165, 1.54) is 0 Å². The first-order valence-corrected chi connectivity index (χ1v) is 5.41. The van der Waals surface area contributed by atoms with Gasteiger partial charge in [0.15, 0.2) is 0 Å². The molecule has 88 valence electrons. The smallest absolute Gasteiger partial charge is 0.215 e. The summed E-state index contributed by atoms with van der Waals surface area (Å²) in [6.07, 6.45) is 1.05. The van der Waals surface area contributed by atoms with Gasteiger partial charge in [0.05, 0.1) is 12.6 Å². The van der Waals surface area contributed by atoms with Crippen LogP contribution in [0.15, 0.2) is 0 Å². The van der Waals surface area contributed by atoms with Crippen LogP contribution in [0, 0.1) is 5.92 Å². The molecule has 0 aliphatic heterocycles. The lowest BCUT2D eigenvalue weighted by Crippen LogP contribution is -2.40. The number of carbonyl (C=O) groups excluding carboxylic acids is 2. The standard InChI is InChI=1S/C11H21NO3/c1-4-6-15-7-5-9(13)11(14)10(12)8(2)3/h8,10H,4-7,12H2,1-3H3/t10-/m0/s1. The van der Waals surface area contributed by atoms with Gasteiger partial charge in [0, 0.05) is 13.0 Å². The molecule has 2 N–H and O–H groups in total. The zero-order valence-electron chi connectivity index (χ0n) is 9.79. The minimum atomic E-state index is -0.677. The Morgan fingerprint density at radius 2 is 1.87 bits per heavy atom. The van der Waals surface area contributed by atoms with E-state index in [2.05, 4.69) is 0 Å². The normalized spacial score (nSPS) is 12.9. The minimum Gasteiger partial charge on any atom is -0.381 e. The number of hydrogen-bond donors (Lipinski definition) is 1. The number of nitrogens with two attached hydrogens (primary N) is 1. The highest BCUT2D eigenvalue weighted by atomic mass is 16.5. The van der Waals surface area contributed by atoms with E-state index >= 15 is 0 Å². The molecule has 0 rings (SSSR count). The van der Waals surface area contributed by atoms with Crippen molar-refractivity contribution in [3.05, 3.63) is 0 Å². The Bertz CT molecular complexity index is 214. The molecule has 0 saturated carbocycles. The van der Waals surface area contributed by atoms with Crippen LogP contribution >= 0.6 is 0 Å². The number of carbonyl (C=O) groups is 2. The topological polar surface area (TPSA) is 69.4 Å². The van der Waals surface area contributed by atoms with Crippen molar-refractivity contribution in [2.45, 2.75) is 39.7 Å². The lowest BCUT2D eigenvalue weighted by Gasteiger charge is -2.12. The molecular formula is C11H21NO3. The van der Waals surface area contributed by atoms with Gasteiger partial charge >= 0.3 is 0 Å². The Labute approximate surface area is 91.2 Å². The maximum atomic E-state index is 11.4. The lowest BCUT2D eigenvalue weighted by molar-refractivity contribution is -0.138. The number of ketones is 2. The van der Waals surface area contributed by atoms with Gasteiger partial charge in [-0.1, -0.05) is 20.8 Å². The van der Waals surface area contributed by atoms with Crippen LogP contribution < -0.4 is 5.73 Å². The summed E-state index contributed by atoms with van der Waals surface area (Å²) in [4.78, 5) is 22.8. The van der Waals surface area contributed by atoms with E-state index in [-0.39, 0.29) is 12.3 Å². The third-order valence-electron chi connectivity index (χ3n) is 2.12. The van der Waals surface area contributed by atoms with Gasteiger partial charge in [-0.15, -0.1) is 0 Å². The van der Waals surface area contributed by atoms with Crippen LogP contribution in [-0.4, -0.2) is 30.8 Å². The van der Waals surface area contributed by atoms with E-state index in [9.17, 15) is 9.59 Å². The largest absolute Gasteiger partial charge is 0.381 e. The first kappa shape index (κ1) is 14.3. The second kappa shape index (κ2) is 7.54. The molecule has 4 nitrogen and oxygen atoms in total. The first-order chi connectivity index (χ1) is 7.00. The number of rotatable bonds is 8. The highest BCUT2D eigenvalue weighted by Crippen LogP contribution is 2.02. The maximum Gasteiger partial charge on any atom is 0.215 e. The molecule has 0 unspecified atom stereocenters. The molecule has 0 fully saturated rings. The zero-order chi connectivity index (χ0) is 11.8. The predicted molar refractivity (Wildman–Crippen MR) is 58.6 cm³/mol. The van der Waals surface area contributed by atoms with Crippen molar-refractivity contribution in [2.75, 3.05) is 13.2 Å². The minimum absolute atomic E-state index is 0.00184. The third-order valence-corrected chi connectivity index (χ3v) is 2.12. The van der Waals surface area contributed by atoms with Gasteiger partial charge in [-0.25, -0.2) is 0 Å². The van der Waals surface area contributed by atoms with Crippen molar-refractivity contribution < 1.29 is 14.3 Å². The summed E-state index contributed by atoms with van der Waals surface area (Å²) in [5.41, 5.74) is 5.58. The Kier molecular flexibility index (Phi) is 7.17. The summed E-state index contributed by atoms with van der Waals surface area (Å²) in [7, 11) is 0. The van der Waals surface area contributed by atoms with E-state index in [0.717, 1.165) is 6.42 Å². The fourth-order valence-corrected chi connectivity index (χ4v) is 1.02. The van der Waals surface area contributed by atoms with Crippen molar-refractivity contribution in [1.82, 2.24) is 0 Å². The summed E-state index contributed by atoms with van der Waals surface area (Å²) < 4.78 is 5.13. The van der Waals surface area contributed by atoms with E-state index in [1.54, 1.807) is 0 Å². The molecule has 0 aliphatic carbocycles. The number of ether oxygens (including phenoxy) is 1. The molecule has 0 heterocycles. The van der Waals surface area contributed by atoms with Crippen molar-refractivity contribution in [2.24, 2.45) is 11.7 Å². The summed E-state index contributed by atoms with van der Waals surface area (Å²) in [5.74, 6) is -0.907. The second-order valence-electron chi connectivity index (χ2n) is 3.92. The summed E-state index contributed by atoms with van der Waals surface area (Å²) in [5, 5.41) is 0. The lowest BCUT2D eigenvalue weighted by atomic mass is 9.97. The first-order valence-electron chi connectivity index (χ1n) is 5.41. The van der Waals surface area contributed by atoms with E-state index in [4.69, 9.17) is 10.5 Å². The van der Waals surface area contributed by atoms with Gasteiger partial charge in [0.1, 0.15) is 0 Å². The van der Waals surface area contributed by atoms with Crippen LogP contribution in [0.1, 0.15) is 33.6 Å². The van der Waals surface area contributed by atoms with Crippen molar-refractivity contribution in [3.8, 4) is 0 Å². The van der Waals surface area contributed by atoms with Crippen molar-refractivity contribution in [1.29, 1.82) is 0 Å². The molecule has 15 heavy (non-hydrogen) atoms. The zero-order valence-corrected chi connectivity index (χ0v) is 9.79. The fourth-order valence-electron chi connectivity index (χ4n) is 1.02. The van der Waals surface area contributed by atoms with Crippen LogP contribution in [0.2, 0.25) is 0 Å². The SMILES string of the molecule is CCCOCCC(=O)C(=O)[C@@H](N)C(C)C. The molecule has 0 amide bonds. The van der Waals surface area contributed by atoms with Crippen LogP contribution in [0.3, 0.4) is 0 Å². The molecule has 4 heteroatoms. The van der Waals surface area contributed by atoms with Crippen LogP contribution in [0.4, 0.5) is 0 Å². The quantitative estimate of drug-likeness (QED) is 0.483. The van der Waals surface area contributed by atoms with Crippen LogP contribution in [0.25, 0.3) is 0 Å². The monoisotopic (exact) mass is 215 g/mol. The molecular weight excluding hydrogens is 194 g/mol. The Hall–Kier alpha value is -0.740. The van der Waals surface area contributed by atoms with E-state index in [0.29, 0.717) is 13.2 Å². The Morgan fingerprint density at radius 3 is 2.33 bits per heavy atom. The average molecular weight is 215 g/mol. The predicted octanol–water partition coefficient (Wildman–Crippen LogP) is 0.925. The van der Waals surface area contributed by atoms with Gasteiger partial charge in [0.2, 0.25) is 11.6 Å². The van der Waals surface area contributed by atoms with Gasteiger partial charge in [-0.3, -0.25) is 9.59 Å². The fraction of sp³-hybridized carbons (Fsp3) is 0.818.